The molecule has 0 spiro atoms. The second-order valence-electron chi connectivity index (χ2n) is 4.03. The minimum Gasteiger partial charge on any atom is -0.383 e. The summed E-state index contributed by atoms with van der Waals surface area (Å²) in [5.41, 5.74) is 0. The molecule has 2 heterocycles. The molecule has 0 radical (unpaired) electrons. The summed E-state index contributed by atoms with van der Waals surface area (Å²) in [5, 5.41) is 15.6. The highest BCUT2D eigenvalue weighted by molar-refractivity contribution is 7.10. The number of nitrogens with one attached hydrogen (secondary N) is 2. The number of thiophene rings is 1. The molecule has 2 N–H and O–H groups in total. The van der Waals surface area contributed by atoms with Gasteiger partial charge < -0.3 is 15.4 Å². The Hall–Kier alpha value is -1.99. The molecule has 1 amide bonds. The summed E-state index contributed by atoms with van der Waals surface area (Å²) in [4.78, 5) is 12.8. The summed E-state index contributed by atoms with van der Waals surface area (Å²) in [6, 6.07) is 7.34. The van der Waals surface area contributed by atoms with Crippen LogP contribution in [-0.4, -0.2) is 36.4 Å². The van der Waals surface area contributed by atoms with Crippen molar-refractivity contribution in [2.75, 3.05) is 30.9 Å². The van der Waals surface area contributed by atoms with E-state index in [9.17, 15) is 4.79 Å². The number of anilines is 2. The van der Waals surface area contributed by atoms with Crippen LogP contribution in [0, 0.1) is 0 Å². The number of carbonyl (C=O) groups is 1. The van der Waals surface area contributed by atoms with E-state index in [0.717, 1.165) is 4.88 Å². The summed E-state index contributed by atoms with van der Waals surface area (Å²) in [6.07, 6.45) is 0.354. The van der Waals surface area contributed by atoms with Crippen LogP contribution in [0.25, 0.3) is 0 Å². The van der Waals surface area contributed by atoms with E-state index in [1.807, 2.05) is 17.5 Å². The Labute approximate surface area is 121 Å². The van der Waals surface area contributed by atoms with Gasteiger partial charge in [0.2, 0.25) is 5.91 Å². The van der Waals surface area contributed by atoms with Crippen LogP contribution < -0.4 is 10.6 Å². The first-order valence-electron chi connectivity index (χ1n) is 6.16. The Kier molecular flexibility index (Phi) is 5.45. The normalized spacial score (nSPS) is 10.2. The monoisotopic (exact) mass is 292 g/mol. The molecule has 0 saturated carbocycles. The standard InChI is InChI=1S/C13H16N4O2S/c1-19-7-6-14-11-4-5-12(17-16-11)15-13(18)9-10-3-2-8-20-10/h2-5,8H,6-7,9H2,1H3,(H,14,16)(H,15,17,18). The van der Waals surface area contributed by atoms with Crippen LogP contribution in [0.2, 0.25) is 0 Å². The molecule has 0 aliphatic heterocycles. The second kappa shape index (κ2) is 7.56. The zero-order chi connectivity index (χ0) is 14.2. The Morgan fingerprint density at radius 1 is 1.30 bits per heavy atom. The van der Waals surface area contributed by atoms with Gasteiger partial charge >= 0.3 is 0 Å². The van der Waals surface area contributed by atoms with Crippen LogP contribution in [-0.2, 0) is 16.0 Å². The minimum absolute atomic E-state index is 0.0955. The van der Waals surface area contributed by atoms with E-state index in [1.165, 1.54) is 0 Å². The molecule has 2 aromatic heterocycles. The highest BCUT2D eigenvalue weighted by Crippen LogP contribution is 2.11. The Balaban J connectivity index is 1.82. The van der Waals surface area contributed by atoms with E-state index in [-0.39, 0.29) is 5.91 Å². The number of carbonyl (C=O) groups excluding carboxylic acids is 1. The van der Waals surface area contributed by atoms with Gasteiger partial charge in [-0.1, -0.05) is 6.07 Å². The molecule has 0 unspecified atom stereocenters. The molecule has 0 bridgehead atoms. The molecule has 6 nitrogen and oxygen atoms in total. The zero-order valence-corrected chi connectivity index (χ0v) is 11.9. The molecule has 2 aromatic rings. The summed E-state index contributed by atoms with van der Waals surface area (Å²) in [7, 11) is 1.64. The van der Waals surface area contributed by atoms with E-state index < -0.39 is 0 Å². The average Bonchev–Trinajstić information content (AvgIpc) is 2.94. The van der Waals surface area contributed by atoms with Gasteiger partial charge in [0, 0.05) is 18.5 Å². The largest absolute Gasteiger partial charge is 0.383 e. The van der Waals surface area contributed by atoms with Gasteiger partial charge in [0.05, 0.1) is 13.0 Å². The van der Waals surface area contributed by atoms with Gasteiger partial charge in [0.1, 0.15) is 5.82 Å². The highest BCUT2D eigenvalue weighted by atomic mass is 32.1. The molecular formula is C13H16N4O2S. The summed E-state index contributed by atoms with van der Waals surface area (Å²) >= 11 is 1.56. The maximum Gasteiger partial charge on any atom is 0.230 e. The van der Waals surface area contributed by atoms with E-state index >= 15 is 0 Å². The number of nitrogens with zero attached hydrogens (tertiary/aromatic N) is 2. The lowest BCUT2D eigenvalue weighted by molar-refractivity contribution is -0.115. The van der Waals surface area contributed by atoms with Crippen LogP contribution in [0.1, 0.15) is 4.88 Å². The molecule has 7 heteroatoms. The number of amides is 1. The van der Waals surface area contributed by atoms with Gasteiger partial charge in [0.25, 0.3) is 0 Å². The fourth-order valence-corrected chi connectivity index (χ4v) is 2.24. The molecule has 0 fully saturated rings. The number of hydrogen-bond acceptors (Lipinski definition) is 6. The predicted octanol–water partition coefficient (Wildman–Crippen LogP) is 1.78. The van der Waals surface area contributed by atoms with Gasteiger partial charge in [-0.05, 0) is 23.6 Å². The summed E-state index contributed by atoms with van der Waals surface area (Å²) in [6.45, 7) is 1.26. The Bertz CT molecular complexity index is 528. The molecule has 2 rings (SSSR count). The van der Waals surface area contributed by atoms with Crippen molar-refractivity contribution in [3.63, 3.8) is 0 Å². The van der Waals surface area contributed by atoms with Crippen LogP contribution >= 0.6 is 11.3 Å². The molecule has 0 saturated heterocycles. The molecular weight excluding hydrogens is 276 g/mol. The first kappa shape index (κ1) is 14.4. The quantitative estimate of drug-likeness (QED) is 0.761. The average molecular weight is 292 g/mol. The van der Waals surface area contributed by atoms with E-state index in [2.05, 4.69) is 20.8 Å². The lowest BCUT2D eigenvalue weighted by Gasteiger charge is -2.05. The number of methoxy groups -OCH3 is 1. The zero-order valence-electron chi connectivity index (χ0n) is 11.1. The Morgan fingerprint density at radius 3 is 2.75 bits per heavy atom. The van der Waals surface area contributed by atoms with Crippen LogP contribution in [0.4, 0.5) is 11.6 Å². The van der Waals surface area contributed by atoms with Crippen molar-refractivity contribution in [2.24, 2.45) is 0 Å². The third kappa shape index (κ3) is 4.60. The third-order valence-electron chi connectivity index (χ3n) is 2.46. The van der Waals surface area contributed by atoms with Gasteiger partial charge in [0.15, 0.2) is 5.82 Å². The predicted molar refractivity (Wildman–Crippen MR) is 79.1 cm³/mol. The van der Waals surface area contributed by atoms with Crippen LogP contribution in [0.15, 0.2) is 29.6 Å². The van der Waals surface area contributed by atoms with Crippen molar-refractivity contribution >= 4 is 28.9 Å². The SMILES string of the molecule is COCCNc1ccc(NC(=O)Cc2cccs2)nn1. The van der Waals surface area contributed by atoms with Crippen molar-refractivity contribution in [1.82, 2.24) is 10.2 Å². The fourth-order valence-electron chi connectivity index (χ4n) is 1.53. The summed E-state index contributed by atoms with van der Waals surface area (Å²) in [5.74, 6) is 1.00. The lowest BCUT2D eigenvalue weighted by Crippen LogP contribution is -2.15. The van der Waals surface area contributed by atoms with Crippen molar-refractivity contribution < 1.29 is 9.53 Å². The highest BCUT2D eigenvalue weighted by Gasteiger charge is 2.06. The number of aromatic nitrogens is 2. The first-order chi connectivity index (χ1) is 9.78. The molecule has 0 aliphatic carbocycles. The van der Waals surface area contributed by atoms with Crippen molar-refractivity contribution in [2.45, 2.75) is 6.42 Å². The molecule has 0 atom stereocenters. The van der Waals surface area contributed by atoms with E-state index in [0.29, 0.717) is 31.2 Å². The van der Waals surface area contributed by atoms with Crippen molar-refractivity contribution in [1.29, 1.82) is 0 Å². The number of rotatable bonds is 7. The maximum atomic E-state index is 11.8. The number of ether oxygens (including phenoxy) is 1. The van der Waals surface area contributed by atoms with Gasteiger partial charge in [-0.2, -0.15) is 0 Å². The third-order valence-corrected chi connectivity index (χ3v) is 3.34. The topological polar surface area (TPSA) is 76.1 Å². The van der Waals surface area contributed by atoms with Crippen LogP contribution in [0.5, 0.6) is 0 Å². The first-order valence-corrected chi connectivity index (χ1v) is 7.04. The lowest BCUT2D eigenvalue weighted by atomic mass is 10.3. The van der Waals surface area contributed by atoms with Gasteiger partial charge in [-0.25, -0.2) is 0 Å². The molecule has 106 valence electrons. The van der Waals surface area contributed by atoms with Crippen LogP contribution in [0.3, 0.4) is 0 Å². The van der Waals surface area contributed by atoms with E-state index in [4.69, 9.17) is 4.74 Å². The second-order valence-corrected chi connectivity index (χ2v) is 5.06. The van der Waals surface area contributed by atoms with Crippen molar-refractivity contribution in [3.05, 3.63) is 34.5 Å². The Morgan fingerprint density at radius 2 is 2.10 bits per heavy atom. The van der Waals surface area contributed by atoms with E-state index in [1.54, 1.807) is 30.6 Å². The smallest absolute Gasteiger partial charge is 0.230 e. The maximum absolute atomic E-state index is 11.8. The molecule has 0 aliphatic rings. The summed E-state index contributed by atoms with van der Waals surface area (Å²) < 4.78 is 4.92. The van der Waals surface area contributed by atoms with Gasteiger partial charge in [-0.15, -0.1) is 21.5 Å². The molecule has 0 aromatic carbocycles. The molecule has 20 heavy (non-hydrogen) atoms. The van der Waals surface area contributed by atoms with Crippen molar-refractivity contribution in [3.8, 4) is 0 Å². The van der Waals surface area contributed by atoms with Gasteiger partial charge in [-0.3, -0.25) is 4.79 Å². The number of hydrogen-bond donors (Lipinski definition) is 2. The minimum atomic E-state index is -0.0955. The fraction of sp³-hybridized carbons (Fsp3) is 0.308.